The molecule has 0 unspecified atom stereocenters. The van der Waals surface area contributed by atoms with E-state index in [1.165, 1.54) is 83.1 Å². The maximum Gasteiger partial charge on any atom is 0.0442 e. The molecule has 0 aromatic rings. The van der Waals surface area contributed by atoms with Crippen molar-refractivity contribution in [2.45, 2.75) is 109 Å². The van der Waals surface area contributed by atoms with E-state index < -0.39 is 8.07 Å². The molecule has 0 aromatic heterocycles. The van der Waals surface area contributed by atoms with Gasteiger partial charge in [0.15, 0.2) is 0 Å². The predicted octanol–water partition coefficient (Wildman–Crippen LogP) is 6.22. The lowest BCUT2D eigenvalue weighted by atomic mass is 9.85. The van der Waals surface area contributed by atoms with E-state index in [1.807, 2.05) is 0 Å². The van der Waals surface area contributed by atoms with E-state index in [0.29, 0.717) is 0 Å². The summed E-state index contributed by atoms with van der Waals surface area (Å²) in [7, 11) is 1.35. The Morgan fingerprint density at radius 2 is 1.52 bits per heavy atom. The first-order valence-electron chi connectivity index (χ1n) is 9.68. The van der Waals surface area contributed by atoms with Gasteiger partial charge in [0.2, 0.25) is 0 Å². The summed E-state index contributed by atoms with van der Waals surface area (Å²) in [5.41, 5.74) is 0. The first kappa shape index (κ1) is 19.2. The van der Waals surface area contributed by atoms with Crippen LogP contribution < -0.4 is 5.32 Å². The van der Waals surface area contributed by atoms with Crippen LogP contribution in [0.1, 0.15) is 77.0 Å². The summed E-state index contributed by atoms with van der Waals surface area (Å²) in [5.74, 6) is 1.07. The largest absolute Gasteiger partial charge is 0.317 e. The molecule has 0 radical (unpaired) electrons. The van der Waals surface area contributed by atoms with E-state index >= 15 is 0 Å². The second-order valence-corrected chi connectivity index (χ2v) is 14.2. The van der Waals surface area contributed by atoms with Crippen LogP contribution in [0.5, 0.6) is 0 Å². The first-order valence-corrected chi connectivity index (χ1v) is 13.4. The lowest BCUT2D eigenvalue weighted by Crippen LogP contribution is -2.25. The fraction of sp³-hybridized carbons (Fsp3) is 1.00. The van der Waals surface area contributed by atoms with E-state index in [2.05, 4.69) is 32.0 Å². The Kier molecular flexibility index (Phi) is 9.91. The monoisotopic (exact) mass is 311 g/mol. The normalized spacial score (nSPS) is 18.9. The van der Waals surface area contributed by atoms with E-state index in [-0.39, 0.29) is 0 Å². The van der Waals surface area contributed by atoms with E-state index in [4.69, 9.17) is 0 Å². The molecule has 21 heavy (non-hydrogen) atoms. The molecule has 1 N–H and O–H groups in total. The summed E-state index contributed by atoms with van der Waals surface area (Å²) >= 11 is 0. The number of rotatable bonds is 11. The molecular weight excluding hydrogens is 270 g/mol. The second kappa shape index (κ2) is 10.8. The van der Waals surface area contributed by atoms with E-state index in [1.54, 1.807) is 0 Å². The Morgan fingerprint density at radius 3 is 2.10 bits per heavy atom. The molecule has 1 aliphatic carbocycles. The maximum absolute atomic E-state index is 3.55. The van der Waals surface area contributed by atoms with E-state index in [9.17, 15) is 0 Å². The summed E-state index contributed by atoms with van der Waals surface area (Å²) < 4.78 is 0. The summed E-state index contributed by atoms with van der Waals surface area (Å²) in [6.45, 7) is 7.48. The van der Waals surface area contributed by atoms with Crippen LogP contribution in [0.15, 0.2) is 0 Å². The zero-order valence-electron chi connectivity index (χ0n) is 15.3. The zero-order chi connectivity index (χ0) is 15.6. The van der Waals surface area contributed by atoms with Crippen LogP contribution in [-0.2, 0) is 0 Å². The van der Waals surface area contributed by atoms with Crippen LogP contribution in [0.3, 0.4) is 0 Å². The van der Waals surface area contributed by atoms with Crippen molar-refractivity contribution in [3.8, 4) is 0 Å². The fourth-order valence-electron chi connectivity index (χ4n) is 3.78. The summed E-state index contributed by atoms with van der Waals surface area (Å²) in [6.07, 6.45) is 17.6. The smallest absolute Gasteiger partial charge is 0.0442 e. The van der Waals surface area contributed by atoms with Gasteiger partial charge in [-0.15, -0.1) is 0 Å². The van der Waals surface area contributed by atoms with Crippen molar-refractivity contribution < 1.29 is 0 Å². The topological polar surface area (TPSA) is 12.0 Å². The minimum atomic E-state index is -0.810. The van der Waals surface area contributed by atoms with Crippen LogP contribution in [0.4, 0.5) is 0 Å². The van der Waals surface area contributed by atoms with E-state index in [0.717, 1.165) is 12.0 Å². The molecule has 0 saturated heterocycles. The lowest BCUT2D eigenvalue weighted by molar-refractivity contribution is 0.324. The van der Waals surface area contributed by atoms with Gasteiger partial charge in [-0.1, -0.05) is 89.9 Å². The van der Waals surface area contributed by atoms with Gasteiger partial charge in [0.25, 0.3) is 0 Å². The lowest BCUT2D eigenvalue weighted by Gasteiger charge is -2.22. The number of nitrogens with one attached hydrogen (secondary N) is 1. The van der Waals surface area contributed by atoms with Gasteiger partial charge >= 0.3 is 0 Å². The Bertz CT molecular complexity index is 240. The molecular formula is C19H41NSi. The molecule has 1 saturated carbocycles. The van der Waals surface area contributed by atoms with Gasteiger partial charge in [-0.05, 0) is 25.8 Å². The molecule has 0 aliphatic heterocycles. The van der Waals surface area contributed by atoms with Crippen molar-refractivity contribution in [2.24, 2.45) is 5.92 Å². The molecule has 1 fully saturated rings. The van der Waals surface area contributed by atoms with Crippen molar-refractivity contribution in [1.29, 1.82) is 0 Å². The Labute approximate surface area is 135 Å². The van der Waals surface area contributed by atoms with Crippen LogP contribution in [0, 0.1) is 5.92 Å². The van der Waals surface area contributed by atoms with Crippen molar-refractivity contribution in [2.75, 3.05) is 7.05 Å². The standard InChI is InChI=1S/C19H41NSi/c1-20-19(16-10-11-17-21(2,3)4)15-9-8-14-18-12-6-5-7-13-18/h18-20H,5-17H2,1-4H3/t19-/m1/s1. The Hall–Kier alpha value is 0.177. The molecule has 0 aromatic carbocycles. The third kappa shape index (κ3) is 10.5. The first-order chi connectivity index (χ1) is 10.0. The van der Waals surface area contributed by atoms with Crippen LogP contribution in [0.25, 0.3) is 0 Å². The van der Waals surface area contributed by atoms with Crippen molar-refractivity contribution >= 4 is 8.07 Å². The van der Waals surface area contributed by atoms with Crippen LogP contribution in [0.2, 0.25) is 25.7 Å². The number of unbranched alkanes of at least 4 members (excludes halogenated alkanes) is 2. The average molecular weight is 312 g/mol. The molecule has 0 amide bonds. The molecule has 1 nitrogen and oxygen atoms in total. The summed E-state index contributed by atoms with van der Waals surface area (Å²) in [5, 5.41) is 3.55. The quantitative estimate of drug-likeness (QED) is 0.352. The van der Waals surface area contributed by atoms with Gasteiger partial charge in [-0.3, -0.25) is 0 Å². The van der Waals surface area contributed by atoms with Gasteiger partial charge in [0, 0.05) is 14.1 Å². The maximum atomic E-state index is 3.55. The Balaban J connectivity index is 1.99. The van der Waals surface area contributed by atoms with Crippen molar-refractivity contribution in [1.82, 2.24) is 5.32 Å². The molecule has 1 aliphatic rings. The fourth-order valence-corrected chi connectivity index (χ4v) is 5.09. The summed E-state index contributed by atoms with van der Waals surface area (Å²) in [4.78, 5) is 0. The van der Waals surface area contributed by atoms with Crippen molar-refractivity contribution in [3.63, 3.8) is 0 Å². The predicted molar refractivity (Wildman–Crippen MR) is 99.9 cm³/mol. The minimum Gasteiger partial charge on any atom is -0.317 e. The summed E-state index contributed by atoms with van der Waals surface area (Å²) in [6, 6.07) is 2.28. The third-order valence-corrected chi connectivity index (χ3v) is 7.13. The van der Waals surface area contributed by atoms with Gasteiger partial charge in [0.1, 0.15) is 0 Å². The van der Waals surface area contributed by atoms with Gasteiger partial charge in [-0.25, -0.2) is 0 Å². The van der Waals surface area contributed by atoms with Gasteiger partial charge < -0.3 is 5.32 Å². The van der Waals surface area contributed by atoms with Gasteiger partial charge in [0.05, 0.1) is 0 Å². The molecule has 2 heteroatoms. The molecule has 1 rings (SSSR count). The highest BCUT2D eigenvalue weighted by atomic mass is 28.3. The molecule has 0 bridgehead atoms. The average Bonchev–Trinajstić information content (AvgIpc) is 2.45. The zero-order valence-corrected chi connectivity index (χ0v) is 16.3. The third-order valence-electron chi connectivity index (χ3n) is 5.28. The number of hydrogen-bond donors (Lipinski definition) is 1. The van der Waals surface area contributed by atoms with Gasteiger partial charge in [-0.2, -0.15) is 0 Å². The highest BCUT2D eigenvalue weighted by Gasteiger charge is 2.14. The van der Waals surface area contributed by atoms with Crippen LogP contribution in [-0.4, -0.2) is 21.2 Å². The molecule has 1 atom stereocenters. The molecule has 126 valence electrons. The SMILES string of the molecule is CN[C@H](CCCCC1CCCCC1)CCCC[Si](C)(C)C. The molecule has 0 spiro atoms. The number of hydrogen-bond acceptors (Lipinski definition) is 1. The molecule has 0 heterocycles. The highest BCUT2D eigenvalue weighted by molar-refractivity contribution is 6.76. The minimum absolute atomic E-state index is 0.776. The highest BCUT2D eigenvalue weighted by Crippen LogP contribution is 2.28. The van der Waals surface area contributed by atoms with Crippen LogP contribution >= 0.6 is 0 Å². The second-order valence-electron chi connectivity index (χ2n) is 8.58. The Morgan fingerprint density at radius 1 is 0.905 bits per heavy atom. The van der Waals surface area contributed by atoms with Crippen molar-refractivity contribution in [3.05, 3.63) is 0 Å².